The van der Waals surface area contributed by atoms with Gasteiger partial charge in [-0.15, -0.1) is 0 Å². The highest BCUT2D eigenvalue weighted by atomic mass is 127. The highest BCUT2D eigenvalue weighted by Gasteiger charge is 2.27. The Bertz CT molecular complexity index is 1650. The van der Waals surface area contributed by atoms with Crippen LogP contribution in [0.5, 0.6) is 0 Å². The molecule has 0 saturated heterocycles. The minimum atomic E-state index is -0.0200. The van der Waals surface area contributed by atoms with Crippen LogP contribution < -0.4 is 0 Å². The van der Waals surface area contributed by atoms with E-state index < -0.39 is 0 Å². The summed E-state index contributed by atoms with van der Waals surface area (Å²) < 4.78 is 4.80. The average molecular weight is 577 g/mol. The molecule has 1 aliphatic heterocycles. The summed E-state index contributed by atoms with van der Waals surface area (Å²) in [6, 6.07) is 25.3. The molecular weight excluding hydrogens is 547 g/mol. The van der Waals surface area contributed by atoms with Crippen molar-refractivity contribution in [2.75, 3.05) is 0 Å². The summed E-state index contributed by atoms with van der Waals surface area (Å²) in [6.45, 7) is 4.69. The van der Waals surface area contributed by atoms with E-state index in [0.717, 1.165) is 6.42 Å². The molecule has 3 aliphatic rings. The Balaban J connectivity index is 1.46. The lowest BCUT2D eigenvalue weighted by Gasteiger charge is -2.21. The van der Waals surface area contributed by atoms with Crippen molar-refractivity contribution in [1.82, 2.24) is 0 Å². The van der Waals surface area contributed by atoms with Gasteiger partial charge >= 0.3 is 0 Å². The van der Waals surface area contributed by atoms with Crippen LogP contribution in [-0.2, 0) is 6.42 Å². The topological polar surface area (TPSA) is 0 Å². The summed E-state index contributed by atoms with van der Waals surface area (Å²) in [5.74, 6) is 1.36. The Kier molecular flexibility index (Phi) is 5.43. The lowest BCUT2D eigenvalue weighted by Crippen LogP contribution is -2.08. The Morgan fingerprint density at radius 3 is 2.17 bits per heavy atom. The third-order valence-electron chi connectivity index (χ3n) is 8.10. The molecule has 1 heteroatoms. The van der Waals surface area contributed by atoms with Gasteiger partial charge < -0.3 is 0 Å². The molecule has 0 fully saturated rings. The zero-order chi connectivity index (χ0) is 24.2. The Hall–Kier alpha value is -3.04. The summed E-state index contributed by atoms with van der Waals surface area (Å²) in [5.41, 5.74) is 11.4. The molecule has 1 atom stereocenters. The summed E-state index contributed by atoms with van der Waals surface area (Å²) >= 11 is -0.0200. The van der Waals surface area contributed by atoms with E-state index in [9.17, 15) is 0 Å². The Labute approximate surface area is 223 Å². The number of hydrogen-bond acceptors (Lipinski definition) is 0. The van der Waals surface area contributed by atoms with Gasteiger partial charge in [-0.3, -0.25) is 0 Å². The molecule has 1 unspecified atom stereocenters. The second-order valence-corrected chi connectivity index (χ2v) is 12.6. The van der Waals surface area contributed by atoms with Gasteiger partial charge in [0.15, 0.2) is 0 Å². The lowest BCUT2D eigenvalue weighted by atomic mass is 9.84. The molecule has 0 nitrogen and oxygen atoms in total. The van der Waals surface area contributed by atoms with Crippen LogP contribution in [0.4, 0.5) is 0 Å². The molecular formula is C35H29I. The molecule has 0 spiro atoms. The number of hydrogen-bond donors (Lipinski definition) is 0. The van der Waals surface area contributed by atoms with Crippen molar-refractivity contribution in [3.63, 3.8) is 0 Å². The van der Waals surface area contributed by atoms with Gasteiger partial charge in [0.2, 0.25) is 0 Å². The van der Waals surface area contributed by atoms with Crippen molar-refractivity contribution in [1.29, 1.82) is 0 Å². The molecule has 0 amide bonds. The van der Waals surface area contributed by atoms with Gasteiger partial charge in [-0.1, -0.05) is 126 Å². The third-order valence-corrected chi connectivity index (χ3v) is 9.96. The molecule has 36 heavy (non-hydrogen) atoms. The SMILES string of the molecule is CC(C)C1C=C2Cc3cc(-c4c5ccccc5c(C5=CI=CC=C5)c5ccccc45)ccc3C2=CC1. The zero-order valence-electron chi connectivity index (χ0n) is 20.8. The highest BCUT2D eigenvalue weighted by molar-refractivity contribution is 14.2. The van der Waals surface area contributed by atoms with Crippen LogP contribution >= 0.6 is 20.7 Å². The summed E-state index contributed by atoms with van der Waals surface area (Å²) in [4.78, 5) is 0. The molecule has 2 aliphatic carbocycles. The average Bonchev–Trinajstić information content (AvgIpc) is 3.29. The van der Waals surface area contributed by atoms with Crippen LogP contribution in [0.3, 0.4) is 0 Å². The van der Waals surface area contributed by atoms with Gasteiger partial charge in [0.25, 0.3) is 0 Å². The second-order valence-electron chi connectivity index (χ2n) is 10.5. The molecule has 4 aromatic rings. The third kappa shape index (κ3) is 3.51. The molecule has 0 aromatic heterocycles. The standard InChI is InChI=1S/C35H29I/c1-22(2)23-13-15-28-26(18-23)20-27-19-24(14-16-29(27)28)34-30-9-3-5-11-32(30)35(25-8-7-17-36-21-25)33-12-6-4-10-31(33)34/h3-12,14-19,21-23H,13,20H2,1-2H3. The van der Waals surface area contributed by atoms with E-state index in [-0.39, 0.29) is 20.7 Å². The fraction of sp³-hybridized carbons (Fsp3) is 0.171. The lowest BCUT2D eigenvalue weighted by molar-refractivity contribution is 0.466. The number of allylic oxidation sites excluding steroid dienone is 7. The van der Waals surface area contributed by atoms with E-state index in [1.54, 1.807) is 0 Å². The summed E-state index contributed by atoms with van der Waals surface area (Å²) in [7, 11) is 0. The predicted octanol–water partition coefficient (Wildman–Crippen LogP) is 9.89. The largest absolute Gasteiger partial charge is 0.0931 e. The van der Waals surface area contributed by atoms with Gasteiger partial charge in [0, 0.05) is 0 Å². The first-order valence-electron chi connectivity index (χ1n) is 13.0. The van der Waals surface area contributed by atoms with Crippen molar-refractivity contribution in [3.8, 4) is 11.1 Å². The maximum atomic E-state index is 2.56. The monoisotopic (exact) mass is 576 g/mol. The van der Waals surface area contributed by atoms with Crippen LogP contribution in [0.15, 0.2) is 101 Å². The Morgan fingerprint density at radius 2 is 1.53 bits per heavy atom. The van der Waals surface area contributed by atoms with Crippen LogP contribution in [-0.4, -0.2) is 4.01 Å². The van der Waals surface area contributed by atoms with E-state index in [2.05, 4.69) is 113 Å². The first-order chi connectivity index (χ1) is 17.7. The number of halogens is 1. The quantitative estimate of drug-likeness (QED) is 0.168. The van der Waals surface area contributed by atoms with E-state index in [1.165, 1.54) is 72.5 Å². The molecule has 0 saturated carbocycles. The van der Waals surface area contributed by atoms with Crippen molar-refractivity contribution in [2.24, 2.45) is 11.8 Å². The van der Waals surface area contributed by atoms with Crippen LogP contribution in [0.2, 0.25) is 0 Å². The van der Waals surface area contributed by atoms with Crippen LogP contribution in [0.25, 0.3) is 43.8 Å². The van der Waals surface area contributed by atoms with Crippen molar-refractivity contribution < 1.29 is 0 Å². The number of rotatable bonds is 3. The van der Waals surface area contributed by atoms with E-state index in [4.69, 9.17) is 0 Å². The van der Waals surface area contributed by atoms with Crippen LogP contribution in [0.1, 0.15) is 37.0 Å². The van der Waals surface area contributed by atoms with Crippen molar-refractivity contribution in [2.45, 2.75) is 26.7 Å². The second kappa shape index (κ2) is 8.81. The van der Waals surface area contributed by atoms with Crippen molar-refractivity contribution in [3.05, 3.63) is 117 Å². The Morgan fingerprint density at radius 1 is 0.833 bits per heavy atom. The van der Waals surface area contributed by atoms with Gasteiger partial charge in [0.05, 0.1) is 0 Å². The number of benzene rings is 4. The first-order valence-corrected chi connectivity index (χ1v) is 15.5. The molecule has 1 heterocycles. The molecule has 176 valence electrons. The highest BCUT2D eigenvalue weighted by Crippen LogP contribution is 2.46. The summed E-state index contributed by atoms with van der Waals surface area (Å²) in [5, 5.41) is 5.41. The number of fused-ring (bicyclic) bond motifs is 5. The van der Waals surface area contributed by atoms with E-state index in [0.29, 0.717) is 11.8 Å². The maximum absolute atomic E-state index is 2.56. The maximum Gasteiger partial charge on any atom is -0.00164 e. The minimum Gasteiger partial charge on any atom is -0.0931 e. The molecule has 0 bridgehead atoms. The van der Waals surface area contributed by atoms with E-state index in [1.807, 2.05) is 0 Å². The summed E-state index contributed by atoms with van der Waals surface area (Å²) in [6.07, 6.45) is 11.8. The zero-order valence-corrected chi connectivity index (χ0v) is 22.9. The molecule has 7 rings (SSSR count). The molecule has 0 N–H and O–H groups in total. The predicted molar refractivity (Wildman–Crippen MR) is 167 cm³/mol. The van der Waals surface area contributed by atoms with Crippen molar-refractivity contribution >= 4 is 57.4 Å². The fourth-order valence-corrected chi connectivity index (χ4v) is 7.84. The van der Waals surface area contributed by atoms with E-state index >= 15 is 0 Å². The molecule has 4 aromatic carbocycles. The normalized spacial score (nSPS) is 18.5. The van der Waals surface area contributed by atoms with Gasteiger partial charge in [-0.05, 0) is 98.9 Å². The first kappa shape index (κ1) is 22.2. The minimum absolute atomic E-state index is 0.0200. The van der Waals surface area contributed by atoms with Gasteiger partial charge in [0.1, 0.15) is 0 Å². The van der Waals surface area contributed by atoms with Gasteiger partial charge in [-0.2, -0.15) is 0 Å². The fourth-order valence-electron chi connectivity index (χ4n) is 6.28. The smallest absolute Gasteiger partial charge is 0.00164 e. The van der Waals surface area contributed by atoms with Gasteiger partial charge in [-0.25, -0.2) is 0 Å². The van der Waals surface area contributed by atoms with Crippen LogP contribution in [0, 0.1) is 11.8 Å². The molecule has 0 radical (unpaired) electrons.